The number of alkyl halides is 1. The number of hydroxylamine groups is 1. The molecule has 1 saturated carbocycles. The minimum Gasteiger partial charge on any atom is -0.497 e. The Hall–Kier alpha value is -15.2. The maximum absolute atomic E-state index is 12.5. The SMILES string of the molecule is CONCCN(c1cc(OC)cc(OC)c1)c1ccc2ncc(-c3cnn(C)c3)nc2c1.COc1cc(OC)cc(N(CC(O)CN(C(=O)CCl)C(C)C)c2ccc3ncc(-c4cnn(C)c4)nc3c2)c1.COc1cc(OC)cc(N(CC2CN(C(C)C)C(=O)O2)c2ccc3ncc(-c4cnn(C)c4)nc3c2)c1.COc1cc(OC)cc(N(CCCC2CCC[C@H]2CO)c2ccc3ncc(-c4cnn(C(C)C)c4)nc3c2)c1.S. The van der Waals surface area contributed by atoms with Gasteiger partial charge in [0, 0.05) is 237 Å². The molecule has 18 rings (SSSR count). The number of carbonyl (C=O) groups excluding carboxylic acids is 2. The van der Waals surface area contributed by atoms with E-state index >= 15 is 0 Å². The number of rotatable bonds is 39. The maximum Gasteiger partial charge on any atom is 0.410 e. The number of carbonyl (C=O) groups is 2. The van der Waals surface area contributed by atoms with E-state index in [0.29, 0.717) is 90.3 Å². The Labute approximate surface area is 873 Å². The van der Waals surface area contributed by atoms with Gasteiger partial charge in [0.05, 0.1) is 206 Å². The highest BCUT2D eigenvalue weighted by atomic mass is 35.5. The molecular formula is C109H130ClN23O14S. The highest BCUT2D eigenvalue weighted by Gasteiger charge is 2.36. The molecule has 3 N–H and O–H groups in total. The first-order valence-corrected chi connectivity index (χ1v) is 49.2. The summed E-state index contributed by atoms with van der Waals surface area (Å²) < 4.78 is 57.0. The summed E-state index contributed by atoms with van der Waals surface area (Å²) in [6.45, 7) is 15.6. The molecule has 0 radical (unpaired) electrons. The molecule has 39 heteroatoms. The molecule has 16 aromatic rings. The monoisotopic (exact) mass is 2050 g/mol. The van der Waals surface area contributed by atoms with Crippen molar-refractivity contribution in [3.05, 3.63) is 220 Å². The van der Waals surface area contributed by atoms with Gasteiger partial charge in [-0.2, -0.15) is 33.9 Å². The van der Waals surface area contributed by atoms with E-state index in [-0.39, 0.29) is 68.7 Å². The first-order valence-electron chi connectivity index (χ1n) is 48.6. The summed E-state index contributed by atoms with van der Waals surface area (Å²) in [6.07, 6.45) is 26.1. The second-order valence-corrected chi connectivity index (χ2v) is 36.9. The van der Waals surface area contributed by atoms with E-state index in [9.17, 15) is 19.8 Å². The zero-order valence-electron chi connectivity index (χ0n) is 86.7. The summed E-state index contributed by atoms with van der Waals surface area (Å²) in [6, 6.07) is 47.1. The average Bonchev–Trinajstić information content (AvgIpc) is 1.80. The van der Waals surface area contributed by atoms with Crippen LogP contribution in [0.15, 0.2) is 220 Å². The van der Waals surface area contributed by atoms with Gasteiger partial charge < -0.3 is 87.1 Å². The molecule has 37 nitrogen and oxygen atoms in total. The Balaban J connectivity index is 0.000000156. The normalized spacial score (nSPS) is 13.9. The lowest BCUT2D eigenvalue weighted by atomic mass is 9.92. The lowest BCUT2D eigenvalue weighted by molar-refractivity contribution is -0.131. The summed E-state index contributed by atoms with van der Waals surface area (Å²) in [5.74, 6) is 6.08. The van der Waals surface area contributed by atoms with E-state index in [1.165, 1.54) is 12.8 Å². The number of aliphatic hydroxyl groups excluding tert-OH is 2. The van der Waals surface area contributed by atoms with Crippen molar-refractivity contribution >= 4 is 127 Å². The van der Waals surface area contributed by atoms with Crippen LogP contribution >= 0.6 is 25.1 Å². The van der Waals surface area contributed by atoms with Crippen molar-refractivity contribution < 1.29 is 67.3 Å². The Kier molecular flexibility index (Phi) is 37.2. The summed E-state index contributed by atoms with van der Waals surface area (Å²) in [5.41, 5.74) is 22.9. The van der Waals surface area contributed by atoms with Gasteiger partial charge in [0.1, 0.15) is 58.0 Å². The van der Waals surface area contributed by atoms with E-state index in [1.807, 2.05) is 223 Å². The molecule has 2 amide bonds. The van der Waals surface area contributed by atoms with E-state index < -0.39 is 6.10 Å². The first-order chi connectivity index (χ1) is 71.1. The minimum atomic E-state index is -0.889. The quantitative estimate of drug-likeness (QED) is 0.0183. The zero-order valence-corrected chi connectivity index (χ0v) is 88.5. The number of cyclic esters (lactones) is 1. The van der Waals surface area contributed by atoms with Gasteiger partial charge in [0.2, 0.25) is 5.91 Å². The van der Waals surface area contributed by atoms with Crippen LogP contribution in [0.5, 0.6) is 46.0 Å². The third kappa shape index (κ3) is 27.0. The third-order valence-corrected chi connectivity index (χ3v) is 26.0. The third-order valence-electron chi connectivity index (χ3n) is 25.7. The van der Waals surface area contributed by atoms with Crippen LogP contribution in [0.2, 0.25) is 0 Å². The van der Waals surface area contributed by atoms with Crippen LogP contribution in [0.25, 0.3) is 89.2 Å². The molecule has 1 aliphatic heterocycles. The summed E-state index contributed by atoms with van der Waals surface area (Å²) in [5, 5.41) is 38.2. The number of nitrogens with one attached hydrogen (secondary N) is 1. The molecule has 4 atom stereocenters. The standard InChI is InChI=1S/C31H39N5O3.C28H33ClN6O4.C27H30N6O4.C23H26N6O3.H2S/c1-21(2)36-19-24(17-33-36)31-18-32-29-11-10-25(15-30(29)34-31)35(12-6-9-22-7-5-8-23(22)20-37)26-13-27(38-3)16-28(14-26)39-4;1-18(2)34(28(37)12-29)16-22(36)17-35(21-8-23(38-4)11-24(9-21)39-5)20-6-7-25-26(10-20)32-27(14-30-25)19-13-31-33(3)15-19;1-17(2)32-15-23(37-27(32)34)16-33(20-8-21(35-4)11-22(9-20)36-5)19-6-7-24-25(10-19)30-26(13-28-24)18-12-29-31(3)14-18;1-28-15-16(13-25-28)23-14-24-21-6-5-17(11-22(21)27-23)29(8-7-26-32-4)18-9-19(30-2)12-20(10-18)31-3;/h10-11,13-19,21-23,37H,5-9,12,20H2,1-4H3;6-11,13-15,18,22,36H,12,16-17H2,1-5H3;6-14,17,23H,15-16H2,1-5H3;5-6,9-15,26H,7-8H2,1-4H3;1H2/t22?,23-;;;;/m0..../s1. The Morgan fingerprint density at radius 3 is 1.14 bits per heavy atom. The second-order valence-electron chi connectivity index (χ2n) is 36.6. The lowest BCUT2D eigenvalue weighted by Gasteiger charge is -2.32. The van der Waals surface area contributed by atoms with Gasteiger partial charge in [0.15, 0.2) is 0 Å². The first kappa shape index (κ1) is 109. The van der Waals surface area contributed by atoms with E-state index in [1.54, 1.807) is 131 Å². The van der Waals surface area contributed by atoms with Gasteiger partial charge in [-0.05, 0) is 145 Å². The molecule has 8 aromatic carbocycles. The fourth-order valence-electron chi connectivity index (χ4n) is 17.9. The Bertz CT molecular complexity index is 7080. The largest absolute Gasteiger partial charge is 0.497 e. The maximum atomic E-state index is 12.5. The van der Waals surface area contributed by atoms with Crippen LogP contribution in [0, 0.1) is 11.8 Å². The molecule has 2 fully saturated rings. The van der Waals surface area contributed by atoms with Crippen LogP contribution in [0.1, 0.15) is 79.7 Å². The number of anilines is 8. The number of nitrogens with zero attached hydrogens (tertiary/aromatic N) is 22. The highest BCUT2D eigenvalue weighted by Crippen LogP contribution is 2.43. The molecule has 0 bridgehead atoms. The van der Waals surface area contributed by atoms with Crippen molar-refractivity contribution in [2.24, 2.45) is 33.0 Å². The Morgan fingerprint density at radius 2 is 0.797 bits per heavy atom. The molecule has 1 saturated heterocycles. The van der Waals surface area contributed by atoms with Crippen LogP contribution in [-0.2, 0) is 35.5 Å². The van der Waals surface area contributed by atoms with Crippen molar-refractivity contribution in [2.45, 2.75) is 104 Å². The summed E-state index contributed by atoms with van der Waals surface area (Å²) in [7, 11) is 20.2. The topological polar surface area (TPSA) is 373 Å². The molecule has 1 aliphatic carbocycles. The van der Waals surface area contributed by atoms with Crippen molar-refractivity contribution in [1.82, 2.24) is 94.3 Å². The van der Waals surface area contributed by atoms with Crippen molar-refractivity contribution in [1.29, 1.82) is 0 Å². The lowest BCUT2D eigenvalue weighted by Crippen LogP contribution is -2.45. The predicted octanol–water partition coefficient (Wildman–Crippen LogP) is 18.3. The van der Waals surface area contributed by atoms with Crippen molar-refractivity contribution in [3.63, 3.8) is 0 Å². The number of amides is 2. The van der Waals surface area contributed by atoms with E-state index in [0.717, 1.165) is 161 Å². The molecule has 3 unspecified atom stereocenters. The molecule has 778 valence electrons. The van der Waals surface area contributed by atoms with Crippen LogP contribution in [0.4, 0.5) is 50.3 Å². The van der Waals surface area contributed by atoms with Gasteiger partial charge in [-0.1, -0.05) is 12.8 Å². The molecule has 8 aromatic heterocycles. The van der Waals surface area contributed by atoms with Gasteiger partial charge in [0.25, 0.3) is 0 Å². The fourth-order valence-corrected chi connectivity index (χ4v) is 18.1. The highest BCUT2D eigenvalue weighted by molar-refractivity contribution is 7.59. The Morgan fingerprint density at radius 1 is 0.439 bits per heavy atom. The molecule has 9 heterocycles. The number of ether oxygens (including phenoxy) is 9. The fraction of sp³-hybridized carbons (Fsp3) is 0.358. The van der Waals surface area contributed by atoms with Crippen LogP contribution in [-0.4, -0.2) is 258 Å². The van der Waals surface area contributed by atoms with Crippen molar-refractivity contribution in [2.75, 3.05) is 142 Å². The van der Waals surface area contributed by atoms with Crippen LogP contribution < -0.4 is 63.0 Å². The van der Waals surface area contributed by atoms with Gasteiger partial charge in [-0.3, -0.25) is 43.5 Å². The number of fused-ring (bicyclic) bond motifs is 4. The van der Waals surface area contributed by atoms with E-state index in [2.05, 4.69) is 81.5 Å². The molecular weight excluding hydrogens is 1920 g/mol. The smallest absolute Gasteiger partial charge is 0.410 e. The number of aliphatic hydroxyl groups is 2. The minimum absolute atomic E-state index is 0. The molecule has 0 spiro atoms. The van der Waals surface area contributed by atoms with Gasteiger partial charge in [-0.25, -0.2) is 30.2 Å². The number of methoxy groups -OCH3 is 8. The molecule has 148 heavy (non-hydrogen) atoms. The number of halogens is 1. The van der Waals surface area contributed by atoms with Crippen LogP contribution in [0.3, 0.4) is 0 Å². The molecule has 2 aliphatic rings. The average molecular weight is 2050 g/mol. The zero-order chi connectivity index (χ0) is 104. The number of hydrogen-bond acceptors (Lipinski definition) is 31. The van der Waals surface area contributed by atoms with Gasteiger partial charge >= 0.3 is 6.09 Å². The van der Waals surface area contributed by atoms with Crippen molar-refractivity contribution in [3.8, 4) is 91.0 Å². The predicted molar refractivity (Wildman–Crippen MR) is 581 cm³/mol. The number of aromatic nitrogens is 16. The summed E-state index contributed by atoms with van der Waals surface area (Å²) in [4.78, 5) is 79.6. The van der Waals surface area contributed by atoms with Gasteiger partial charge in [-0.15, -0.1) is 11.6 Å². The van der Waals surface area contributed by atoms with E-state index in [4.69, 9.17) is 84.0 Å². The summed E-state index contributed by atoms with van der Waals surface area (Å²) >= 11 is 5.82. The number of hydrogen-bond donors (Lipinski definition) is 3. The number of aryl methyl sites for hydroxylation is 3. The second kappa shape index (κ2) is 50.7. The number of benzene rings is 8.